The number of hydrogen-bond acceptors (Lipinski definition) is 5. The Kier molecular flexibility index (Phi) is 6.89. The molecule has 2 rings (SSSR count). The van der Waals surface area contributed by atoms with Crippen LogP contribution in [0.25, 0.3) is 0 Å². The molecule has 0 spiro atoms. The summed E-state index contributed by atoms with van der Waals surface area (Å²) >= 11 is 0. The molecule has 0 bridgehead atoms. The van der Waals surface area contributed by atoms with Gasteiger partial charge in [-0.2, -0.15) is 4.31 Å². The second kappa shape index (κ2) is 8.69. The van der Waals surface area contributed by atoms with Crippen LogP contribution in [-0.2, 0) is 16.6 Å². The van der Waals surface area contributed by atoms with Gasteiger partial charge in [-0.05, 0) is 31.0 Å². The number of methoxy groups -OCH3 is 1. The smallest absolute Gasteiger partial charge is 0.214 e. The number of ether oxygens (including phenoxy) is 2. The zero-order valence-corrected chi connectivity index (χ0v) is 15.6. The molecular weight excluding hydrogens is 328 g/mol. The molecule has 0 aromatic heterocycles. The first kappa shape index (κ1) is 19.0. The number of nitrogens with zero attached hydrogens (tertiary/aromatic N) is 2. The molecule has 0 saturated carbocycles. The Hall–Kier alpha value is -1.31. The van der Waals surface area contributed by atoms with Crippen LogP contribution >= 0.6 is 0 Å². The fourth-order valence-corrected chi connectivity index (χ4v) is 4.39. The minimum absolute atomic E-state index is 0.239. The zero-order chi connectivity index (χ0) is 17.6. The summed E-state index contributed by atoms with van der Waals surface area (Å²) < 4.78 is 36.8. The summed E-state index contributed by atoms with van der Waals surface area (Å²) in [4.78, 5) is 2.27. The summed E-state index contributed by atoms with van der Waals surface area (Å²) in [6.07, 6.45) is 0.661. The van der Waals surface area contributed by atoms with E-state index in [1.54, 1.807) is 11.4 Å². The summed E-state index contributed by atoms with van der Waals surface area (Å²) in [5.74, 6) is 1.72. The van der Waals surface area contributed by atoms with Crippen LogP contribution in [0, 0.1) is 0 Å². The van der Waals surface area contributed by atoms with Gasteiger partial charge in [-0.3, -0.25) is 4.90 Å². The van der Waals surface area contributed by atoms with Gasteiger partial charge in [0.15, 0.2) is 11.5 Å². The van der Waals surface area contributed by atoms with Crippen LogP contribution in [0.5, 0.6) is 11.5 Å². The van der Waals surface area contributed by atoms with Crippen LogP contribution in [0.1, 0.15) is 25.8 Å². The predicted octanol–water partition coefficient (Wildman–Crippen LogP) is 1.95. The zero-order valence-electron chi connectivity index (χ0n) is 14.8. The highest BCUT2D eigenvalue weighted by Gasteiger charge is 2.26. The van der Waals surface area contributed by atoms with Crippen LogP contribution in [-0.4, -0.2) is 63.3 Å². The Morgan fingerprint density at radius 2 is 1.79 bits per heavy atom. The molecule has 136 valence electrons. The lowest BCUT2D eigenvalue weighted by molar-refractivity contribution is 0.181. The Bertz CT molecular complexity index is 625. The molecule has 1 saturated heterocycles. The normalized spacial score (nSPS) is 17.0. The van der Waals surface area contributed by atoms with Crippen molar-refractivity contribution in [3.05, 3.63) is 23.8 Å². The van der Waals surface area contributed by atoms with Crippen molar-refractivity contribution in [2.24, 2.45) is 0 Å². The fraction of sp³-hybridized carbons (Fsp3) is 0.647. The van der Waals surface area contributed by atoms with Crippen molar-refractivity contribution in [1.82, 2.24) is 9.21 Å². The molecule has 0 amide bonds. The summed E-state index contributed by atoms with van der Waals surface area (Å²) in [5, 5.41) is 0. The molecule has 6 nitrogen and oxygen atoms in total. The van der Waals surface area contributed by atoms with Gasteiger partial charge in [-0.1, -0.05) is 13.0 Å². The van der Waals surface area contributed by atoms with Crippen LogP contribution < -0.4 is 9.47 Å². The van der Waals surface area contributed by atoms with E-state index in [1.165, 1.54) is 0 Å². The highest BCUT2D eigenvalue weighted by Crippen LogP contribution is 2.28. The standard InChI is InChI=1S/C17H28N2O4S/c1-4-12-24(20,21)19-10-8-18(9-11-19)14-15-6-7-16(22-3)17(13-15)23-5-2/h6-7,13H,4-5,8-12,14H2,1-3H3. The van der Waals surface area contributed by atoms with Gasteiger partial charge in [-0.15, -0.1) is 0 Å². The summed E-state index contributed by atoms with van der Waals surface area (Å²) in [5.41, 5.74) is 1.14. The molecule has 0 radical (unpaired) electrons. The molecule has 0 unspecified atom stereocenters. The largest absolute Gasteiger partial charge is 0.493 e. The molecule has 1 aliphatic rings. The van der Waals surface area contributed by atoms with E-state index in [2.05, 4.69) is 4.90 Å². The van der Waals surface area contributed by atoms with Gasteiger partial charge >= 0.3 is 0 Å². The molecule has 1 aromatic carbocycles. The predicted molar refractivity (Wildman–Crippen MR) is 95.1 cm³/mol. The first-order valence-electron chi connectivity index (χ1n) is 8.50. The van der Waals surface area contributed by atoms with Crippen LogP contribution in [0.3, 0.4) is 0 Å². The Balaban J connectivity index is 1.95. The molecule has 1 fully saturated rings. The van der Waals surface area contributed by atoms with E-state index in [4.69, 9.17) is 9.47 Å². The molecule has 0 atom stereocenters. The van der Waals surface area contributed by atoms with E-state index in [0.29, 0.717) is 26.1 Å². The molecular formula is C17H28N2O4S. The third kappa shape index (κ3) is 4.84. The van der Waals surface area contributed by atoms with E-state index < -0.39 is 10.0 Å². The van der Waals surface area contributed by atoms with Crippen molar-refractivity contribution in [2.45, 2.75) is 26.8 Å². The lowest BCUT2D eigenvalue weighted by atomic mass is 10.1. The number of sulfonamides is 1. The van der Waals surface area contributed by atoms with Crippen molar-refractivity contribution >= 4 is 10.0 Å². The SMILES string of the molecule is CCCS(=O)(=O)N1CCN(Cc2ccc(OC)c(OCC)c2)CC1. The Labute approximate surface area is 145 Å². The number of hydrogen-bond donors (Lipinski definition) is 0. The van der Waals surface area contributed by atoms with Gasteiger partial charge in [0, 0.05) is 32.7 Å². The third-order valence-electron chi connectivity index (χ3n) is 4.12. The van der Waals surface area contributed by atoms with Crippen molar-refractivity contribution in [3.8, 4) is 11.5 Å². The van der Waals surface area contributed by atoms with Crippen molar-refractivity contribution in [1.29, 1.82) is 0 Å². The average molecular weight is 356 g/mol. The maximum Gasteiger partial charge on any atom is 0.214 e. The second-order valence-electron chi connectivity index (χ2n) is 5.91. The lowest BCUT2D eigenvalue weighted by Crippen LogP contribution is -2.48. The molecule has 24 heavy (non-hydrogen) atoms. The molecule has 7 heteroatoms. The van der Waals surface area contributed by atoms with Crippen molar-refractivity contribution in [2.75, 3.05) is 45.6 Å². The first-order chi connectivity index (χ1) is 11.5. The van der Waals surface area contributed by atoms with E-state index in [9.17, 15) is 8.42 Å². The molecule has 0 N–H and O–H groups in total. The van der Waals surface area contributed by atoms with Gasteiger partial charge in [0.05, 0.1) is 19.5 Å². The van der Waals surface area contributed by atoms with Gasteiger partial charge in [0.1, 0.15) is 0 Å². The molecule has 1 heterocycles. The van der Waals surface area contributed by atoms with E-state index in [1.807, 2.05) is 32.0 Å². The van der Waals surface area contributed by atoms with Crippen LogP contribution in [0.15, 0.2) is 18.2 Å². The van der Waals surface area contributed by atoms with E-state index in [-0.39, 0.29) is 5.75 Å². The van der Waals surface area contributed by atoms with Gasteiger partial charge in [0.2, 0.25) is 10.0 Å². The minimum atomic E-state index is -3.08. The van der Waals surface area contributed by atoms with E-state index >= 15 is 0 Å². The van der Waals surface area contributed by atoms with Gasteiger partial charge in [0.25, 0.3) is 0 Å². The second-order valence-corrected chi connectivity index (χ2v) is 8.00. The first-order valence-corrected chi connectivity index (χ1v) is 10.1. The lowest BCUT2D eigenvalue weighted by Gasteiger charge is -2.34. The van der Waals surface area contributed by atoms with Crippen LogP contribution in [0.2, 0.25) is 0 Å². The number of rotatable bonds is 8. The van der Waals surface area contributed by atoms with E-state index in [0.717, 1.165) is 36.7 Å². The number of piperazine rings is 1. The molecule has 1 aliphatic heterocycles. The van der Waals surface area contributed by atoms with Crippen LogP contribution in [0.4, 0.5) is 0 Å². The fourth-order valence-electron chi connectivity index (χ4n) is 2.90. The van der Waals surface area contributed by atoms with Crippen molar-refractivity contribution < 1.29 is 17.9 Å². The quantitative estimate of drug-likeness (QED) is 0.713. The minimum Gasteiger partial charge on any atom is -0.493 e. The maximum atomic E-state index is 12.1. The Morgan fingerprint density at radius 3 is 2.38 bits per heavy atom. The summed E-state index contributed by atoms with van der Waals surface area (Å²) in [6, 6.07) is 5.95. The summed E-state index contributed by atoms with van der Waals surface area (Å²) in [6.45, 7) is 7.85. The molecule has 0 aliphatic carbocycles. The van der Waals surface area contributed by atoms with Gasteiger partial charge < -0.3 is 9.47 Å². The average Bonchev–Trinajstić information content (AvgIpc) is 2.56. The number of benzene rings is 1. The molecule has 1 aromatic rings. The summed E-state index contributed by atoms with van der Waals surface area (Å²) in [7, 11) is -1.45. The topological polar surface area (TPSA) is 59.1 Å². The third-order valence-corrected chi connectivity index (χ3v) is 6.20. The monoisotopic (exact) mass is 356 g/mol. The highest BCUT2D eigenvalue weighted by atomic mass is 32.2. The van der Waals surface area contributed by atoms with Gasteiger partial charge in [-0.25, -0.2) is 8.42 Å². The highest BCUT2D eigenvalue weighted by molar-refractivity contribution is 7.89. The Morgan fingerprint density at radius 1 is 1.08 bits per heavy atom. The maximum absolute atomic E-state index is 12.1. The van der Waals surface area contributed by atoms with Crippen molar-refractivity contribution in [3.63, 3.8) is 0 Å².